The fourth-order valence-electron chi connectivity index (χ4n) is 1.95. The lowest BCUT2D eigenvalue weighted by Gasteiger charge is -2.32. The minimum Gasteiger partial charge on any atom is -0.493 e. The zero-order chi connectivity index (χ0) is 14.6. The zero-order valence-corrected chi connectivity index (χ0v) is 11.3. The van der Waals surface area contributed by atoms with Crippen molar-refractivity contribution in [2.75, 3.05) is 14.2 Å². The molecule has 0 saturated carbocycles. The van der Waals surface area contributed by atoms with E-state index < -0.39 is 17.6 Å². The molecule has 0 radical (unpaired) electrons. The monoisotopic (exact) mass is 268 g/mol. The van der Waals surface area contributed by atoms with Gasteiger partial charge in [-0.05, 0) is 24.1 Å². The Hall–Kier alpha value is -1.79. The number of aliphatic carboxylic acids is 1. The van der Waals surface area contributed by atoms with E-state index in [0.717, 1.165) is 0 Å². The van der Waals surface area contributed by atoms with Crippen LogP contribution in [0.25, 0.3) is 0 Å². The number of ether oxygens (including phenoxy) is 2. The number of rotatable bonds is 6. The minimum atomic E-state index is -1.20. The number of benzene rings is 1. The Morgan fingerprint density at radius 2 is 1.95 bits per heavy atom. The van der Waals surface area contributed by atoms with Crippen LogP contribution in [0.4, 0.5) is 0 Å². The predicted molar refractivity (Wildman–Crippen MR) is 71.3 cm³/mol. The average Bonchev–Trinajstić information content (AvgIpc) is 2.44. The molecule has 0 bridgehead atoms. The first-order valence-electron chi connectivity index (χ1n) is 5.90. The van der Waals surface area contributed by atoms with E-state index in [1.165, 1.54) is 14.2 Å². The second kappa shape index (κ2) is 5.90. The van der Waals surface area contributed by atoms with Crippen molar-refractivity contribution in [3.63, 3.8) is 0 Å². The molecule has 0 saturated heterocycles. The van der Waals surface area contributed by atoms with Gasteiger partial charge in [0.1, 0.15) is 6.04 Å². The van der Waals surface area contributed by atoms with Gasteiger partial charge in [-0.2, -0.15) is 0 Å². The van der Waals surface area contributed by atoms with E-state index in [9.17, 15) is 4.79 Å². The highest BCUT2D eigenvalue weighted by molar-refractivity contribution is 5.75. The maximum absolute atomic E-state index is 11.1. The van der Waals surface area contributed by atoms with Crippen molar-refractivity contribution in [2.45, 2.75) is 24.9 Å². The van der Waals surface area contributed by atoms with Crippen molar-refractivity contribution < 1.29 is 19.4 Å². The predicted octanol–water partition coefficient (Wildman–Crippen LogP) is 0.680. The number of hydrogen-bond acceptors (Lipinski definition) is 5. The van der Waals surface area contributed by atoms with Crippen LogP contribution in [0.2, 0.25) is 0 Å². The molecule has 0 aromatic heterocycles. The SMILES string of the molecule is CCC(N)(c1ccc(OC)c(OC)c1)C(N)C(=O)O. The van der Waals surface area contributed by atoms with E-state index in [4.69, 9.17) is 26.0 Å². The van der Waals surface area contributed by atoms with Crippen molar-refractivity contribution in [1.29, 1.82) is 0 Å². The number of carboxylic acids is 1. The van der Waals surface area contributed by atoms with Crippen LogP contribution in [-0.2, 0) is 10.3 Å². The van der Waals surface area contributed by atoms with E-state index in [0.29, 0.717) is 23.5 Å². The van der Waals surface area contributed by atoms with Crippen LogP contribution in [0, 0.1) is 0 Å². The van der Waals surface area contributed by atoms with E-state index >= 15 is 0 Å². The summed E-state index contributed by atoms with van der Waals surface area (Å²) in [7, 11) is 3.03. The fraction of sp³-hybridized carbons (Fsp3) is 0.462. The Labute approximate surface area is 112 Å². The molecule has 2 unspecified atom stereocenters. The Bertz CT molecular complexity index is 464. The van der Waals surface area contributed by atoms with Crippen LogP contribution in [0.1, 0.15) is 18.9 Å². The zero-order valence-electron chi connectivity index (χ0n) is 11.3. The average molecular weight is 268 g/mol. The highest BCUT2D eigenvalue weighted by Gasteiger charge is 2.38. The molecule has 19 heavy (non-hydrogen) atoms. The summed E-state index contributed by atoms with van der Waals surface area (Å²) in [6.45, 7) is 1.79. The molecular weight excluding hydrogens is 248 g/mol. The van der Waals surface area contributed by atoms with Gasteiger partial charge in [0.15, 0.2) is 11.5 Å². The van der Waals surface area contributed by atoms with Gasteiger partial charge in [-0.3, -0.25) is 4.79 Å². The molecule has 2 atom stereocenters. The van der Waals surface area contributed by atoms with Crippen LogP contribution >= 0.6 is 0 Å². The van der Waals surface area contributed by atoms with E-state index in [2.05, 4.69) is 0 Å². The number of methoxy groups -OCH3 is 2. The molecule has 1 aromatic carbocycles. The van der Waals surface area contributed by atoms with E-state index in [-0.39, 0.29) is 0 Å². The smallest absolute Gasteiger partial charge is 0.322 e. The summed E-state index contributed by atoms with van der Waals surface area (Å²) in [5.74, 6) is -0.103. The standard InChI is InChI=1S/C13H20N2O4/c1-4-13(15,11(14)12(16)17)8-5-6-9(18-2)10(7-8)19-3/h5-7,11H,4,14-15H2,1-3H3,(H,16,17). The summed E-state index contributed by atoms with van der Waals surface area (Å²) in [6.07, 6.45) is 0.385. The molecule has 0 aliphatic heterocycles. The third kappa shape index (κ3) is 2.80. The Morgan fingerprint density at radius 3 is 2.37 bits per heavy atom. The number of carbonyl (C=O) groups is 1. The Balaban J connectivity index is 3.29. The van der Waals surface area contributed by atoms with Gasteiger partial charge in [-0.25, -0.2) is 0 Å². The molecule has 0 aliphatic rings. The summed E-state index contributed by atoms with van der Waals surface area (Å²) >= 11 is 0. The van der Waals surface area contributed by atoms with Crippen LogP contribution in [0.3, 0.4) is 0 Å². The molecule has 1 rings (SSSR count). The number of carboxylic acid groups (broad SMARTS) is 1. The lowest BCUT2D eigenvalue weighted by atomic mass is 9.81. The van der Waals surface area contributed by atoms with Crippen molar-refractivity contribution in [1.82, 2.24) is 0 Å². The van der Waals surface area contributed by atoms with Crippen LogP contribution in [-0.4, -0.2) is 31.3 Å². The van der Waals surface area contributed by atoms with Gasteiger partial charge in [0.2, 0.25) is 0 Å². The summed E-state index contributed by atoms with van der Waals surface area (Å²) in [4.78, 5) is 11.1. The molecule has 106 valence electrons. The van der Waals surface area contributed by atoms with E-state index in [1.807, 2.05) is 0 Å². The van der Waals surface area contributed by atoms with Crippen molar-refractivity contribution >= 4 is 5.97 Å². The first-order valence-corrected chi connectivity index (χ1v) is 5.90. The molecule has 0 amide bonds. The Kier molecular flexibility index (Phi) is 4.74. The quantitative estimate of drug-likeness (QED) is 0.700. The van der Waals surface area contributed by atoms with Gasteiger partial charge in [-0.1, -0.05) is 13.0 Å². The highest BCUT2D eigenvalue weighted by Crippen LogP contribution is 2.33. The molecule has 0 fully saturated rings. The summed E-state index contributed by atoms with van der Waals surface area (Å²) in [5.41, 5.74) is 11.3. The Morgan fingerprint density at radius 1 is 1.37 bits per heavy atom. The first-order chi connectivity index (χ1) is 8.90. The summed E-state index contributed by atoms with van der Waals surface area (Å²) in [6, 6.07) is 3.84. The van der Waals surface area contributed by atoms with Crippen molar-refractivity contribution in [2.24, 2.45) is 11.5 Å². The normalized spacial score (nSPS) is 15.4. The topological polar surface area (TPSA) is 108 Å². The van der Waals surface area contributed by atoms with Crippen molar-refractivity contribution in [3.8, 4) is 11.5 Å². The van der Waals surface area contributed by atoms with Crippen LogP contribution in [0.15, 0.2) is 18.2 Å². The minimum absolute atomic E-state index is 0.385. The molecule has 0 spiro atoms. The highest BCUT2D eigenvalue weighted by atomic mass is 16.5. The molecule has 5 N–H and O–H groups in total. The van der Waals surface area contributed by atoms with Gasteiger partial charge < -0.3 is 26.0 Å². The third-order valence-electron chi connectivity index (χ3n) is 3.33. The maximum Gasteiger partial charge on any atom is 0.322 e. The summed E-state index contributed by atoms with van der Waals surface area (Å²) < 4.78 is 10.3. The van der Waals surface area contributed by atoms with Gasteiger partial charge in [-0.15, -0.1) is 0 Å². The van der Waals surface area contributed by atoms with Gasteiger partial charge in [0.05, 0.1) is 19.8 Å². The van der Waals surface area contributed by atoms with Gasteiger partial charge >= 0.3 is 5.97 Å². The lowest BCUT2D eigenvalue weighted by molar-refractivity contribution is -0.140. The number of hydrogen-bond donors (Lipinski definition) is 3. The van der Waals surface area contributed by atoms with Crippen LogP contribution < -0.4 is 20.9 Å². The van der Waals surface area contributed by atoms with Gasteiger partial charge in [0, 0.05) is 0 Å². The second-order valence-electron chi connectivity index (χ2n) is 4.28. The first kappa shape index (κ1) is 15.3. The molecule has 0 aliphatic carbocycles. The summed E-state index contributed by atoms with van der Waals surface area (Å²) in [5, 5.41) is 9.08. The molecule has 0 heterocycles. The largest absolute Gasteiger partial charge is 0.493 e. The van der Waals surface area contributed by atoms with Crippen LogP contribution in [0.5, 0.6) is 11.5 Å². The van der Waals surface area contributed by atoms with Gasteiger partial charge in [0.25, 0.3) is 0 Å². The van der Waals surface area contributed by atoms with E-state index in [1.54, 1.807) is 25.1 Å². The molecule has 6 heteroatoms. The van der Waals surface area contributed by atoms with Crippen molar-refractivity contribution in [3.05, 3.63) is 23.8 Å². The lowest BCUT2D eigenvalue weighted by Crippen LogP contribution is -2.56. The molecule has 6 nitrogen and oxygen atoms in total. The maximum atomic E-state index is 11.1. The number of nitrogens with two attached hydrogens (primary N) is 2. The molecular formula is C13H20N2O4. The molecule has 1 aromatic rings. The fourth-order valence-corrected chi connectivity index (χ4v) is 1.95. The third-order valence-corrected chi connectivity index (χ3v) is 3.33. The second-order valence-corrected chi connectivity index (χ2v) is 4.28.